The zero-order valence-corrected chi connectivity index (χ0v) is 14.1. The number of carbonyl (C=O) groups excluding carboxylic acids is 1. The number of likely N-dealkylation sites (tertiary alicyclic amines) is 1. The molecule has 1 fully saturated rings. The van der Waals surface area contributed by atoms with Crippen molar-refractivity contribution in [1.82, 2.24) is 14.9 Å². The van der Waals surface area contributed by atoms with E-state index in [0.717, 1.165) is 32.2 Å². The maximum atomic E-state index is 13.0. The first-order valence-corrected chi connectivity index (χ1v) is 7.92. The minimum absolute atomic E-state index is 0.136. The van der Waals surface area contributed by atoms with E-state index >= 15 is 0 Å². The summed E-state index contributed by atoms with van der Waals surface area (Å²) in [5.74, 6) is 0.811. The van der Waals surface area contributed by atoms with Crippen molar-refractivity contribution >= 4 is 5.91 Å². The Morgan fingerprint density at radius 3 is 2.52 bits per heavy atom. The van der Waals surface area contributed by atoms with Crippen molar-refractivity contribution in [1.29, 1.82) is 0 Å². The van der Waals surface area contributed by atoms with Gasteiger partial charge >= 0.3 is 0 Å². The highest BCUT2D eigenvalue weighted by Gasteiger charge is 2.28. The second kappa shape index (κ2) is 8.67. The first kappa shape index (κ1) is 17.5. The third kappa shape index (κ3) is 4.31. The highest BCUT2D eigenvalue weighted by atomic mass is 16.5. The summed E-state index contributed by atoms with van der Waals surface area (Å²) in [5, 5.41) is 0. The van der Waals surface area contributed by atoms with Crippen LogP contribution in [0.1, 0.15) is 36.0 Å². The minimum atomic E-state index is -0.136. The summed E-state index contributed by atoms with van der Waals surface area (Å²) in [4.78, 5) is 22.9. The van der Waals surface area contributed by atoms with E-state index in [1.165, 1.54) is 20.5 Å². The van der Waals surface area contributed by atoms with Crippen LogP contribution in [-0.2, 0) is 4.74 Å². The number of hydrogen-bond acceptors (Lipinski definition) is 6. The van der Waals surface area contributed by atoms with E-state index in [-0.39, 0.29) is 17.7 Å². The first-order chi connectivity index (χ1) is 11.2. The van der Waals surface area contributed by atoms with Crippen LogP contribution in [0.5, 0.6) is 11.8 Å². The molecule has 7 heteroatoms. The summed E-state index contributed by atoms with van der Waals surface area (Å²) in [6.07, 6.45) is 5.52. The van der Waals surface area contributed by atoms with Crippen molar-refractivity contribution in [3.8, 4) is 11.8 Å². The van der Waals surface area contributed by atoms with E-state index in [9.17, 15) is 4.79 Å². The molecule has 0 aromatic carbocycles. The van der Waals surface area contributed by atoms with E-state index < -0.39 is 0 Å². The van der Waals surface area contributed by atoms with Gasteiger partial charge in [0.25, 0.3) is 5.91 Å². The van der Waals surface area contributed by atoms with Crippen LogP contribution in [0, 0.1) is 5.92 Å². The molecule has 7 nitrogen and oxygen atoms in total. The van der Waals surface area contributed by atoms with Crippen molar-refractivity contribution in [3.63, 3.8) is 0 Å². The number of rotatable bonds is 6. The Morgan fingerprint density at radius 2 is 1.91 bits per heavy atom. The fraction of sp³-hybridized carbons (Fsp3) is 0.688. The lowest BCUT2D eigenvalue weighted by Gasteiger charge is -2.25. The number of nitrogens with zero attached hydrogens (tertiary/aromatic N) is 3. The van der Waals surface area contributed by atoms with Crippen molar-refractivity contribution in [2.75, 3.05) is 41.0 Å². The first-order valence-electron chi connectivity index (χ1n) is 7.92. The summed E-state index contributed by atoms with van der Waals surface area (Å²) < 4.78 is 15.6. The van der Waals surface area contributed by atoms with Gasteiger partial charge in [-0.25, -0.2) is 9.97 Å². The highest BCUT2D eigenvalue weighted by Crippen LogP contribution is 2.27. The van der Waals surface area contributed by atoms with Gasteiger partial charge in [0.05, 0.1) is 14.2 Å². The predicted molar refractivity (Wildman–Crippen MR) is 84.9 cm³/mol. The molecule has 23 heavy (non-hydrogen) atoms. The van der Waals surface area contributed by atoms with Crippen LogP contribution in [-0.4, -0.2) is 61.8 Å². The number of methoxy groups -OCH3 is 3. The van der Waals surface area contributed by atoms with E-state index in [0.29, 0.717) is 24.6 Å². The number of hydrogen-bond donors (Lipinski definition) is 0. The SMILES string of the molecule is COCCC1CCCCN(C(=O)c2c(OC)ncnc2OC)C1. The lowest BCUT2D eigenvalue weighted by atomic mass is 10.00. The molecule has 1 unspecified atom stereocenters. The summed E-state index contributed by atoms with van der Waals surface area (Å²) in [6, 6.07) is 0. The maximum Gasteiger partial charge on any atom is 0.264 e. The quantitative estimate of drug-likeness (QED) is 0.794. The Morgan fingerprint density at radius 1 is 1.22 bits per heavy atom. The van der Waals surface area contributed by atoms with Crippen LogP contribution in [0.3, 0.4) is 0 Å². The zero-order valence-electron chi connectivity index (χ0n) is 14.1. The monoisotopic (exact) mass is 323 g/mol. The standard InChI is InChI=1S/C16H25N3O4/c1-21-9-7-12-6-4-5-8-19(10-12)16(20)13-14(22-2)17-11-18-15(13)23-3/h11-12H,4-10H2,1-3H3. The van der Waals surface area contributed by atoms with Crippen molar-refractivity contribution in [2.24, 2.45) is 5.92 Å². The largest absolute Gasteiger partial charge is 0.480 e. The van der Waals surface area contributed by atoms with Gasteiger partial charge in [0.15, 0.2) is 5.56 Å². The van der Waals surface area contributed by atoms with Gasteiger partial charge in [0.2, 0.25) is 11.8 Å². The van der Waals surface area contributed by atoms with Crippen molar-refractivity contribution < 1.29 is 19.0 Å². The molecule has 0 radical (unpaired) electrons. The smallest absolute Gasteiger partial charge is 0.264 e. The van der Waals surface area contributed by atoms with Gasteiger partial charge in [0.1, 0.15) is 6.33 Å². The summed E-state index contributed by atoms with van der Waals surface area (Å²) >= 11 is 0. The average molecular weight is 323 g/mol. The molecule has 1 saturated heterocycles. The molecule has 1 aliphatic rings. The minimum Gasteiger partial charge on any atom is -0.480 e. The topological polar surface area (TPSA) is 73.8 Å². The molecule has 2 heterocycles. The molecule has 0 spiro atoms. The van der Waals surface area contributed by atoms with Gasteiger partial charge in [-0.15, -0.1) is 0 Å². The number of amides is 1. The molecule has 1 aromatic heterocycles. The Hall–Kier alpha value is -1.89. The molecule has 0 N–H and O–H groups in total. The van der Waals surface area contributed by atoms with Crippen LogP contribution >= 0.6 is 0 Å². The van der Waals surface area contributed by atoms with Gasteiger partial charge in [-0.2, -0.15) is 0 Å². The van der Waals surface area contributed by atoms with Gasteiger partial charge < -0.3 is 19.1 Å². The van der Waals surface area contributed by atoms with Crippen LogP contribution in [0.15, 0.2) is 6.33 Å². The number of carbonyl (C=O) groups is 1. The molecule has 1 amide bonds. The molecule has 128 valence electrons. The van der Waals surface area contributed by atoms with E-state index in [1.54, 1.807) is 7.11 Å². The van der Waals surface area contributed by atoms with Crippen LogP contribution in [0.4, 0.5) is 0 Å². The summed E-state index contributed by atoms with van der Waals surface area (Å²) in [5.41, 5.74) is 0.296. The van der Waals surface area contributed by atoms with Crippen LogP contribution in [0.2, 0.25) is 0 Å². The van der Waals surface area contributed by atoms with Gasteiger partial charge in [-0.1, -0.05) is 6.42 Å². The van der Waals surface area contributed by atoms with Crippen LogP contribution in [0.25, 0.3) is 0 Å². The Balaban J connectivity index is 2.21. The fourth-order valence-corrected chi connectivity index (χ4v) is 2.94. The summed E-state index contributed by atoms with van der Waals surface area (Å²) in [7, 11) is 4.68. The Kier molecular flexibility index (Phi) is 6.58. The Bertz CT molecular complexity index is 502. The third-order valence-electron chi connectivity index (χ3n) is 4.16. The highest BCUT2D eigenvalue weighted by molar-refractivity contribution is 5.98. The lowest BCUT2D eigenvalue weighted by Crippen LogP contribution is -2.35. The van der Waals surface area contributed by atoms with Crippen LogP contribution < -0.4 is 9.47 Å². The molecule has 2 rings (SSSR count). The molecule has 0 bridgehead atoms. The van der Waals surface area contributed by atoms with E-state index in [4.69, 9.17) is 14.2 Å². The Labute approximate surface area is 137 Å². The molecule has 0 aliphatic carbocycles. The number of aromatic nitrogens is 2. The van der Waals surface area contributed by atoms with E-state index in [1.807, 2.05) is 4.90 Å². The number of ether oxygens (including phenoxy) is 3. The molecule has 1 aromatic rings. The second-order valence-corrected chi connectivity index (χ2v) is 5.66. The molecule has 0 saturated carbocycles. The fourth-order valence-electron chi connectivity index (χ4n) is 2.94. The average Bonchev–Trinajstić information content (AvgIpc) is 2.84. The maximum absolute atomic E-state index is 13.0. The third-order valence-corrected chi connectivity index (χ3v) is 4.16. The second-order valence-electron chi connectivity index (χ2n) is 5.66. The van der Waals surface area contributed by atoms with Gasteiger partial charge in [0, 0.05) is 26.8 Å². The van der Waals surface area contributed by atoms with E-state index in [2.05, 4.69) is 9.97 Å². The zero-order chi connectivity index (χ0) is 16.7. The lowest BCUT2D eigenvalue weighted by molar-refractivity contribution is 0.0719. The van der Waals surface area contributed by atoms with Crippen molar-refractivity contribution in [3.05, 3.63) is 11.9 Å². The summed E-state index contributed by atoms with van der Waals surface area (Å²) in [6.45, 7) is 2.15. The normalized spacial score (nSPS) is 18.4. The molecule has 1 aliphatic heterocycles. The molecule has 1 atom stereocenters. The molecular formula is C16H25N3O4. The van der Waals surface area contributed by atoms with Crippen molar-refractivity contribution in [2.45, 2.75) is 25.7 Å². The van der Waals surface area contributed by atoms with Gasteiger partial charge in [-0.05, 0) is 25.2 Å². The molecular weight excluding hydrogens is 298 g/mol. The van der Waals surface area contributed by atoms with Gasteiger partial charge in [-0.3, -0.25) is 4.79 Å². The predicted octanol–water partition coefficient (Wildman–Crippen LogP) is 1.77.